The normalized spacial score (nSPS) is 11.9. The fourth-order valence-corrected chi connectivity index (χ4v) is 1.78. The van der Waals surface area contributed by atoms with Gasteiger partial charge in [0.05, 0.1) is 5.39 Å². The molecule has 0 radical (unpaired) electrons. The zero-order valence-electron chi connectivity index (χ0n) is 7.68. The zero-order valence-corrected chi connectivity index (χ0v) is 8.49. The molecule has 0 saturated heterocycles. The Kier molecular flexibility index (Phi) is 2.28. The highest BCUT2D eigenvalue weighted by molar-refractivity contribution is 7.85. The van der Waals surface area contributed by atoms with Crippen molar-refractivity contribution in [2.24, 2.45) is 0 Å². The minimum Gasteiger partial charge on any atom is -0.463 e. The highest BCUT2D eigenvalue weighted by Crippen LogP contribution is 2.14. The van der Waals surface area contributed by atoms with Gasteiger partial charge in [0.15, 0.2) is 4.90 Å². The molecule has 0 aliphatic carbocycles. The van der Waals surface area contributed by atoms with E-state index in [1.54, 1.807) is 0 Å². The van der Waals surface area contributed by atoms with Gasteiger partial charge in [-0.2, -0.15) is 8.42 Å². The molecule has 5 nitrogen and oxygen atoms in total. The maximum absolute atomic E-state index is 12.8. The van der Waals surface area contributed by atoms with E-state index >= 15 is 0 Å². The number of halogens is 1. The molecule has 0 amide bonds. The van der Waals surface area contributed by atoms with E-state index in [1.807, 2.05) is 0 Å². The van der Waals surface area contributed by atoms with Crippen LogP contribution in [0.25, 0.3) is 11.0 Å². The van der Waals surface area contributed by atoms with Gasteiger partial charge >= 0.3 is 10.1 Å². The molecule has 0 atom stereocenters. The predicted octanol–water partition coefficient (Wildman–Crippen LogP) is 1.18. The predicted molar refractivity (Wildman–Crippen MR) is 52.3 cm³/mol. The molecule has 0 bridgehead atoms. The van der Waals surface area contributed by atoms with Gasteiger partial charge in [-0.15, -0.1) is 0 Å². The number of fused-ring (bicyclic) bond motifs is 1. The van der Waals surface area contributed by atoms with Gasteiger partial charge in [-0.25, -0.2) is 4.39 Å². The number of benzene rings is 1. The molecule has 0 aliphatic heterocycles. The summed E-state index contributed by atoms with van der Waals surface area (Å²) in [7, 11) is -4.64. The minimum atomic E-state index is -4.64. The molecule has 0 unspecified atom stereocenters. The van der Waals surface area contributed by atoms with Crippen LogP contribution in [0.5, 0.6) is 0 Å². The van der Waals surface area contributed by atoms with Gasteiger partial charge in [-0.3, -0.25) is 9.35 Å². The van der Waals surface area contributed by atoms with Crippen molar-refractivity contribution in [3.63, 3.8) is 0 Å². The Balaban J connectivity index is 2.92. The van der Waals surface area contributed by atoms with Crippen LogP contribution in [0.4, 0.5) is 4.39 Å². The first kappa shape index (κ1) is 10.8. The van der Waals surface area contributed by atoms with Crippen LogP contribution >= 0.6 is 0 Å². The van der Waals surface area contributed by atoms with Crippen LogP contribution in [0.15, 0.2) is 38.6 Å². The smallest absolute Gasteiger partial charge is 0.301 e. The lowest BCUT2D eigenvalue weighted by molar-refractivity contribution is 0.476. The second kappa shape index (κ2) is 3.39. The third-order valence-electron chi connectivity index (χ3n) is 1.98. The summed E-state index contributed by atoms with van der Waals surface area (Å²) in [6, 6.07) is 3.03. The Labute approximate surface area is 88.9 Å². The molecule has 84 valence electrons. The lowest BCUT2D eigenvalue weighted by Gasteiger charge is -1.99. The van der Waals surface area contributed by atoms with Gasteiger partial charge in [-0.05, 0) is 12.1 Å². The van der Waals surface area contributed by atoms with Crippen LogP contribution < -0.4 is 5.43 Å². The molecule has 1 aromatic carbocycles. The summed E-state index contributed by atoms with van der Waals surface area (Å²) in [5.41, 5.74) is -1.01. The Morgan fingerprint density at radius 2 is 2.00 bits per heavy atom. The van der Waals surface area contributed by atoms with Crippen molar-refractivity contribution in [2.45, 2.75) is 4.90 Å². The highest BCUT2D eigenvalue weighted by atomic mass is 32.2. The topological polar surface area (TPSA) is 84.6 Å². The molecular formula is C9H5FO5S. The van der Waals surface area contributed by atoms with Crippen LogP contribution in [0.2, 0.25) is 0 Å². The molecule has 16 heavy (non-hydrogen) atoms. The van der Waals surface area contributed by atoms with Crippen LogP contribution in [0.1, 0.15) is 0 Å². The Bertz CT molecular complexity index is 716. The zero-order chi connectivity index (χ0) is 11.9. The Morgan fingerprint density at radius 3 is 2.62 bits per heavy atom. The van der Waals surface area contributed by atoms with Crippen molar-refractivity contribution in [1.82, 2.24) is 0 Å². The van der Waals surface area contributed by atoms with Crippen molar-refractivity contribution in [2.75, 3.05) is 0 Å². The first-order valence-corrected chi connectivity index (χ1v) is 5.52. The Hall–Kier alpha value is -1.73. The minimum absolute atomic E-state index is 0.0857. The maximum atomic E-state index is 12.8. The van der Waals surface area contributed by atoms with Gasteiger partial charge in [0.1, 0.15) is 17.7 Å². The van der Waals surface area contributed by atoms with Crippen molar-refractivity contribution >= 4 is 21.1 Å². The lowest BCUT2D eigenvalue weighted by atomic mass is 10.2. The van der Waals surface area contributed by atoms with Crippen molar-refractivity contribution in [3.05, 3.63) is 40.5 Å². The largest absolute Gasteiger partial charge is 0.463 e. The van der Waals surface area contributed by atoms with E-state index in [2.05, 4.69) is 0 Å². The summed E-state index contributed by atoms with van der Waals surface area (Å²) in [5, 5.41) is -0.114. The summed E-state index contributed by atoms with van der Waals surface area (Å²) in [6.45, 7) is 0. The van der Waals surface area contributed by atoms with Crippen LogP contribution in [-0.4, -0.2) is 13.0 Å². The van der Waals surface area contributed by atoms with Gasteiger partial charge in [0.2, 0.25) is 5.43 Å². The van der Waals surface area contributed by atoms with E-state index in [-0.39, 0.29) is 11.0 Å². The summed E-state index contributed by atoms with van der Waals surface area (Å²) in [4.78, 5) is 10.7. The van der Waals surface area contributed by atoms with Gasteiger partial charge < -0.3 is 4.42 Å². The van der Waals surface area contributed by atoms with Crippen LogP contribution in [0, 0.1) is 5.82 Å². The molecule has 1 heterocycles. The van der Waals surface area contributed by atoms with E-state index in [1.165, 1.54) is 0 Å². The second-order valence-electron chi connectivity index (χ2n) is 3.04. The van der Waals surface area contributed by atoms with E-state index in [0.29, 0.717) is 6.26 Å². The SMILES string of the molecule is O=c1c(S(=O)(=O)O)coc2cc(F)ccc12. The van der Waals surface area contributed by atoms with E-state index in [0.717, 1.165) is 18.2 Å². The van der Waals surface area contributed by atoms with E-state index < -0.39 is 26.3 Å². The summed E-state index contributed by atoms with van der Waals surface area (Å²) in [6.07, 6.45) is 0.583. The number of hydrogen-bond donors (Lipinski definition) is 1. The average Bonchev–Trinajstić information content (AvgIpc) is 2.15. The molecular weight excluding hydrogens is 239 g/mol. The molecule has 0 fully saturated rings. The molecule has 0 spiro atoms. The maximum Gasteiger partial charge on any atom is 0.301 e. The van der Waals surface area contributed by atoms with Crippen LogP contribution in [-0.2, 0) is 10.1 Å². The standard InChI is InChI=1S/C9H5FO5S/c10-5-1-2-6-7(3-5)15-4-8(9(6)11)16(12,13)14/h1-4H,(H,12,13,14). The first-order chi connectivity index (χ1) is 7.39. The summed E-state index contributed by atoms with van der Waals surface area (Å²) < 4.78 is 47.8. The van der Waals surface area contributed by atoms with Gasteiger partial charge in [-0.1, -0.05) is 0 Å². The average molecular weight is 244 g/mol. The highest BCUT2D eigenvalue weighted by Gasteiger charge is 2.18. The van der Waals surface area contributed by atoms with Gasteiger partial charge in [0.25, 0.3) is 0 Å². The monoisotopic (exact) mass is 244 g/mol. The number of rotatable bonds is 1. The van der Waals surface area contributed by atoms with Crippen molar-refractivity contribution in [3.8, 4) is 0 Å². The van der Waals surface area contributed by atoms with E-state index in [9.17, 15) is 17.6 Å². The Morgan fingerprint density at radius 1 is 1.31 bits per heavy atom. The van der Waals surface area contributed by atoms with Crippen molar-refractivity contribution in [1.29, 1.82) is 0 Å². The molecule has 7 heteroatoms. The number of hydrogen-bond acceptors (Lipinski definition) is 4. The molecule has 0 aliphatic rings. The van der Waals surface area contributed by atoms with Crippen LogP contribution in [0.3, 0.4) is 0 Å². The molecule has 1 N–H and O–H groups in total. The summed E-state index contributed by atoms with van der Waals surface area (Å²) in [5.74, 6) is -0.616. The molecule has 0 saturated carbocycles. The van der Waals surface area contributed by atoms with E-state index in [4.69, 9.17) is 8.97 Å². The fraction of sp³-hybridized carbons (Fsp3) is 0. The molecule has 1 aromatic heterocycles. The van der Waals surface area contributed by atoms with Crippen molar-refractivity contribution < 1.29 is 21.8 Å². The second-order valence-corrected chi connectivity index (χ2v) is 4.43. The lowest BCUT2D eigenvalue weighted by Crippen LogP contribution is -2.13. The summed E-state index contributed by atoms with van der Waals surface area (Å²) >= 11 is 0. The third kappa shape index (κ3) is 1.70. The molecule has 2 rings (SSSR count). The third-order valence-corrected chi connectivity index (χ3v) is 2.82. The molecule has 2 aromatic rings. The van der Waals surface area contributed by atoms with Gasteiger partial charge in [0, 0.05) is 6.07 Å². The first-order valence-electron chi connectivity index (χ1n) is 4.08. The quantitative estimate of drug-likeness (QED) is 0.761. The fourth-order valence-electron chi connectivity index (χ4n) is 1.26.